The first-order valence-electron chi connectivity index (χ1n) is 6.94. The Labute approximate surface area is 135 Å². The van der Waals surface area contributed by atoms with E-state index in [-0.39, 0.29) is 22.7 Å². The number of likely N-dealkylation sites (N-methyl/N-ethyl adjacent to an activating group) is 1. The second-order valence-electron chi connectivity index (χ2n) is 5.32. The van der Waals surface area contributed by atoms with Crippen LogP contribution in [-0.4, -0.2) is 49.0 Å². The van der Waals surface area contributed by atoms with Crippen LogP contribution in [0.4, 0.5) is 5.69 Å². The van der Waals surface area contributed by atoms with Crippen molar-refractivity contribution in [1.29, 1.82) is 0 Å². The third kappa shape index (κ3) is 2.27. The lowest BCUT2D eigenvalue weighted by Gasteiger charge is -2.11. The maximum Gasteiger partial charge on any atom is 0.362 e. The molecule has 0 saturated heterocycles. The first kappa shape index (κ1) is 16.1. The SMILES string of the molecule is C[NH2+]C(CC1=c2c(O)c3c(c(O)c2N=C1)=NC=CS3(=O)=O)C(=O)O. The maximum absolute atomic E-state index is 12.2. The van der Waals surface area contributed by atoms with Crippen LogP contribution in [0, 0.1) is 0 Å². The fourth-order valence-electron chi connectivity index (χ4n) is 2.69. The molecule has 5 N–H and O–H groups in total. The first-order valence-corrected chi connectivity index (χ1v) is 8.49. The minimum atomic E-state index is -3.97. The molecule has 1 atom stereocenters. The summed E-state index contributed by atoms with van der Waals surface area (Å²) in [5.41, 5.74) is 0.312. The summed E-state index contributed by atoms with van der Waals surface area (Å²) in [4.78, 5) is 18.5. The average molecular weight is 352 g/mol. The van der Waals surface area contributed by atoms with Crippen LogP contribution in [0.2, 0.25) is 0 Å². The Kier molecular flexibility index (Phi) is 3.65. The van der Waals surface area contributed by atoms with Crippen LogP contribution in [0.1, 0.15) is 6.42 Å². The topological polar surface area (TPSA) is 153 Å². The lowest BCUT2D eigenvalue weighted by molar-refractivity contribution is -0.650. The van der Waals surface area contributed by atoms with E-state index in [2.05, 4.69) is 9.98 Å². The number of hydrogen-bond acceptors (Lipinski definition) is 7. The number of benzene rings is 1. The van der Waals surface area contributed by atoms with E-state index in [1.165, 1.54) is 11.5 Å². The normalized spacial score (nSPS) is 18.0. The molecule has 2 aliphatic rings. The van der Waals surface area contributed by atoms with Gasteiger partial charge in [0.2, 0.25) is 9.84 Å². The van der Waals surface area contributed by atoms with Crippen molar-refractivity contribution in [3.8, 4) is 11.5 Å². The van der Waals surface area contributed by atoms with E-state index in [0.29, 0.717) is 5.57 Å². The number of carbonyl (C=O) groups is 1. The molecular formula is C14H14N3O6S+. The van der Waals surface area contributed by atoms with Crippen molar-refractivity contribution in [3.05, 3.63) is 22.2 Å². The van der Waals surface area contributed by atoms with E-state index in [9.17, 15) is 23.4 Å². The van der Waals surface area contributed by atoms with Crippen molar-refractivity contribution in [2.45, 2.75) is 17.4 Å². The van der Waals surface area contributed by atoms with Crippen molar-refractivity contribution in [1.82, 2.24) is 0 Å². The molecule has 24 heavy (non-hydrogen) atoms. The van der Waals surface area contributed by atoms with Crippen LogP contribution in [0.25, 0.3) is 5.57 Å². The number of rotatable bonds is 4. The van der Waals surface area contributed by atoms with Crippen LogP contribution < -0.4 is 15.9 Å². The predicted molar refractivity (Wildman–Crippen MR) is 82.3 cm³/mol. The molecule has 126 valence electrons. The molecule has 0 aromatic heterocycles. The third-order valence-electron chi connectivity index (χ3n) is 3.91. The number of nitrogens with two attached hydrogens (primary N) is 1. The number of aliphatic carboxylic acids is 1. The molecule has 0 fully saturated rings. The second kappa shape index (κ2) is 5.42. The molecule has 10 heteroatoms. The minimum Gasteiger partial charge on any atom is -0.506 e. The van der Waals surface area contributed by atoms with Gasteiger partial charge in [-0.1, -0.05) is 0 Å². The van der Waals surface area contributed by atoms with E-state index in [4.69, 9.17) is 5.11 Å². The number of phenolic OH excluding ortho intramolecular Hbond substituents is 2. The van der Waals surface area contributed by atoms with E-state index >= 15 is 0 Å². The van der Waals surface area contributed by atoms with Crippen LogP contribution in [0.5, 0.6) is 11.5 Å². The average Bonchev–Trinajstić information content (AvgIpc) is 2.93. The summed E-state index contributed by atoms with van der Waals surface area (Å²) in [5, 5.41) is 31.9. The van der Waals surface area contributed by atoms with Gasteiger partial charge < -0.3 is 20.6 Å². The van der Waals surface area contributed by atoms with Crippen molar-refractivity contribution < 1.29 is 33.8 Å². The molecule has 2 aliphatic heterocycles. The van der Waals surface area contributed by atoms with Crippen LogP contribution >= 0.6 is 0 Å². The Morgan fingerprint density at radius 2 is 2.04 bits per heavy atom. The summed E-state index contributed by atoms with van der Waals surface area (Å²) in [6.45, 7) is 0. The Hall–Kier alpha value is -2.72. The molecule has 0 bridgehead atoms. The number of fused-ring (bicyclic) bond motifs is 2. The van der Waals surface area contributed by atoms with Gasteiger partial charge in [-0.15, -0.1) is 0 Å². The quantitative estimate of drug-likeness (QED) is 0.454. The second-order valence-corrected chi connectivity index (χ2v) is 7.09. The molecule has 0 radical (unpaired) electrons. The van der Waals surface area contributed by atoms with Gasteiger partial charge in [-0.2, -0.15) is 0 Å². The molecule has 0 spiro atoms. The maximum atomic E-state index is 12.2. The van der Waals surface area contributed by atoms with Gasteiger partial charge in [-0.05, 0) is 5.57 Å². The first-order chi connectivity index (χ1) is 11.3. The molecule has 1 aromatic carbocycles. The van der Waals surface area contributed by atoms with Crippen molar-refractivity contribution in [2.24, 2.45) is 9.98 Å². The lowest BCUT2D eigenvalue weighted by atomic mass is 10.0. The number of carboxylic acids is 1. The summed E-state index contributed by atoms with van der Waals surface area (Å²) in [6, 6.07) is -0.837. The number of carboxylic acid groups (broad SMARTS) is 1. The summed E-state index contributed by atoms with van der Waals surface area (Å²) in [5.74, 6) is -2.11. The number of phenols is 2. The number of hydrogen-bond donors (Lipinski definition) is 4. The monoisotopic (exact) mass is 352 g/mol. The van der Waals surface area contributed by atoms with Crippen LogP contribution in [0.15, 0.2) is 26.5 Å². The standard InChI is InChI=1S/C14H13N3O6S/c1-15-7(14(20)21)4-6-5-17-9-8(6)11(18)13-10(12(9)19)16-2-3-24(13,22)23/h2-3,5,7,15,18-19H,4H2,1H3,(H,20,21)/p+1. The highest BCUT2D eigenvalue weighted by Gasteiger charge is 2.31. The molecular weight excluding hydrogens is 338 g/mol. The van der Waals surface area contributed by atoms with Gasteiger partial charge in [0.25, 0.3) is 0 Å². The van der Waals surface area contributed by atoms with Gasteiger partial charge in [-0.3, -0.25) is 9.98 Å². The predicted octanol–water partition coefficient (Wildman–Crippen LogP) is -2.12. The Morgan fingerprint density at radius 1 is 1.33 bits per heavy atom. The fraction of sp³-hybridized carbons (Fsp3) is 0.214. The molecule has 1 aromatic rings. The van der Waals surface area contributed by atoms with Gasteiger partial charge in [0, 0.05) is 18.8 Å². The zero-order valence-electron chi connectivity index (χ0n) is 12.5. The fourth-order valence-corrected chi connectivity index (χ4v) is 3.84. The Balaban J connectivity index is 2.34. The van der Waals surface area contributed by atoms with Crippen LogP contribution in [0.3, 0.4) is 0 Å². The van der Waals surface area contributed by atoms with Crippen molar-refractivity contribution in [2.75, 3.05) is 7.05 Å². The molecule has 0 aliphatic carbocycles. The lowest BCUT2D eigenvalue weighted by Crippen LogP contribution is -2.88. The number of aliphatic imine (C=N–C) groups is 1. The number of nitrogens with zero attached hydrogens (tertiary/aromatic N) is 2. The molecule has 3 rings (SSSR count). The smallest absolute Gasteiger partial charge is 0.362 e. The zero-order chi connectivity index (χ0) is 17.6. The minimum absolute atomic E-state index is 0.00114. The van der Waals surface area contributed by atoms with Crippen LogP contribution in [-0.2, 0) is 14.6 Å². The number of sulfone groups is 1. The van der Waals surface area contributed by atoms with Gasteiger partial charge in [0.15, 0.2) is 11.8 Å². The van der Waals surface area contributed by atoms with Gasteiger partial charge in [0.1, 0.15) is 21.7 Å². The highest BCUT2D eigenvalue weighted by atomic mass is 32.2. The van der Waals surface area contributed by atoms with Crippen molar-refractivity contribution >= 4 is 33.3 Å². The molecule has 1 unspecified atom stereocenters. The van der Waals surface area contributed by atoms with Gasteiger partial charge in [-0.25, -0.2) is 13.2 Å². The van der Waals surface area contributed by atoms with E-state index < -0.39 is 38.2 Å². The number of quaternary nitrogens is 1. The highest BCUT2D eigenvalue weighted by molar-refractivity contribution is 7.94. The molecule has 9 nitrogen and oxygen atoms in total. The Bertz CT molecular complexity index is 1040. The van der Waals surface area contributed by atoms with Gasteiger partial charge >= 0.3 is 5.97 Å². The van der Waals surface area contributed by atoms with E-state index in [0.717, 1.165) is 11.6 Å². The van der Waals surface area contributed by atoms with Gasteiger partial charge in [0.05, 0.1) is 17.7 Å². The van der Waals surface area contributed by atoms with Crippen molar-refractivity contribution in [3.63, 3.8) is 0 Å². The molecule has 0 amide bonds. The zero-order valence-corrected chi connectivity index (χ0v) is 13.3. The third-order valence-corrected chi connectivity index (χ3v) is 5.35. The molecule has 0 saturated carbocycles. The highest BCUT2D eigenvalue weighted by Crippen LogP contribution is 2.32. The van der Waals surface area contributed by atoms with E-state index in [1.54, 1.807) is 7.05 Å². The van der Waals surface area contributed by atoms with E-state index in [1.807, 2.05) is 0 Å². The summed E-state index contributed by atoms with van der Waals surface area (Å²) in [6.07, 6.45) is 2.33. The Morgan fingerprint density at radius 3 is 2.67 bits per heavy atom. The molecule has 2 heterocycles. The summed E-state index contributed by atoms with van der Waals surface area (Å²) >= 11 is 0. The summed E-state index contributed by atoms with van der Waals surface area (Å²) in [7, 11) is -2.38. The number of aromatic hydroxyl groups is 2. The summed E-state index contributed by atoms with van der Waals surface area (Å²) < 4.78 is 24.3. The largest absolute Gasteiger partial charge is 0.506 e.